The molecule has 0 aromatic carbocycles. The third kappa shape index (κ3) is 48.8. The Morgan fingerprint density at radius 1 is 0.458 bits per heavy atom. The van der Waals surface area contributed by atoms with E-state index >= 15 is 0 Å². The van der Waals surface area contributed by atoms with Crippen LogP contribution in [0.2, 0.25) is 0 Å². The molecule has 38 nitrogen and oxygen atoms in total. The first kappa shape index (κ1) is 106. The number of esters is 1. The van der Waals surface area contributed by atoms with Crippen molar-refractivity contribution in [3.05, 3.63) is 85.1 Å². The number of fused-ring (bicyclic) bond motifs is 2. The molecule has 0 radical (unpaired) electrons. The van der Waals surface area contributed by atoms with Crippen molar-refractivity contribution < 1.29 is 151 Å². The number of hydrogen-bond acceptors (Lipinski definition) is 32. The Balaban J connectivity index is 1.45. The summed E-state index contributed by atoms with van der Waals surface area (Å²) in [6.07, 6.45) is 2.67. The smallest absolute Gasteiger partial charge is 0.308 e. The summed E-state index contributed by atoms with van der Waals surface area (Å²) in [5, 5.41) is 129. The molecule has 3 rings (SSSR count). The number of aliphatic hydroxyl groups is 10. The van der Waals surface area contributed by atoms with E-state index in [9.17, 15) is 84.6 Å². The fourth-order valence-electron chi connectivity index (χ4n) is 12.0. The van der Waals surface area contributed by atoms with E-state index in [2.05, 4.69) is 31.9 Å². The van der Waals surface area contributed by atoms with Crippen LogP contribution in [0.4, 0.5) is 0 Å². The molecule has 2 saturated heterocycles. The molecular formula is C80H135N7O31. The van der Waals surface area contributed by atoms with E-state index in [1.54, 1.807) is 86.8 Å². The SMILES string of the molecule is CCCNC(=O)[C@H]1[C@@H]2C[C@@H](O[C@@H]3O[C@H](C)[C@@H](O)[C@H](NC(=O)COCCOCCNC(=O)COCCOCCNC(=O)COCCOCCNC(=O)COCCOCCNC(=O)COCCOCCN)[C@@H]3O)/C=C/C=C/C=C/C=C/C=C/C=C/C=C/[C@H](C)[C@@H](O)[C@H](C)[C@@H](C)OC(=O)C[C@H](O)C[C@H](O)CC[C@@H](O)[C@H](O)C[C@H](O)C[C@](O)(C[C@@H]1O)O2. The van der Waals surface area contributed by atoms with E-state index in [1.807, 2.05) is 19.9 Å². The Kier molecular flexibility index (Phi) is 57.6. The summed E-state index contributed by atoms with van der Waals surface area (Å²) in [7, 11) is 0. The first-order chi connectivity index (χ1) is 56.7. The Hall–Kier alpha value is -6.49. The van der Waals surface area contributed by atoms with Crippen LogP contribution in [0.1, 0.15) is 92.4 Å². The summed E-state index contributed by atoms with van der Waals surface area (Å²) in [5.74, 6) is -8.02. The number of hydrogen-bond donors (Lipinski definition) is 17. The lowest BCUT2D eigenvalue weighted by molar-refractivity contribution is -0.307. The zero-order valence-electron chi connectivity index (χ0n) is 68.8. The Bertz CT molecular complexity index is 2990. The minimum atomic E-state index is -2.36. The largest absolute Gasteiger partial charge is 0.462 e. The van der Waals surface area contributed by atoms with Crippen LogP contribution < -0.4 is 37.6 Å². The highest BCUT2D eigenvalue weighted by Crippen LogP contribution is 2.38. The summed E-state index contributed by atoms with van der Waals surface area (Å²) < 4.78 is 77.7. The van der Waals surface area contributed by atoms with Crippen LogP contribution in [-0.4, -0.2) is 361 Å². The predicted octanol–water partition coefficient (Wildman–Crippen LogP) is -3.10. The van der Waals surface area contributed by atoms with Crippen molar-refractivity contribution in [2.24, 2.45) is 23.5 Å². The quantitative estimate of drug-likeness (QED) is 0.0212. The van der Waals surface area contributed by atoms with E-state index in [4.69, 9.17) is 72.0 Å². The molecule has 19 atom stereocenters. The Morgan fingerprint density at radius 3 is 1.36 bits per heavy atom. The number of allylic oxidation sites excluding steroid dienone is 12. The topological polar surface area (TPSA) is 549 Å². The van der Waals surface area contributed by atoms with Gasteiger partial charge in [-0.25, -0.2) is 0 Å². The van der Waals surface area contributed by atoms with Crippen LogP contribution in [0.25, 0.3) is 0 Å². The number of cyclic esters (lactones) is 1. The number of amides is 6. The van der Waals surface area contributed by atoms with Crippen molar-refractivity contribution in [1.29, 1.82) is 0 Å². The average molecular weight is 1690 g/mol. The van der Waals surface area contributed by atoms with Gasteiger partial charge in [0.25, 0.3) is 0 Å². The molecule has 676 valence electrons. The van der Waals surface area contributed by atoms with Crippen LogP contribution in [0.5, 0.6) is 0 Å². The van der Waals surface area contributed by atoms with E-state index < -0.39 is 165 Å². The molecular weight excluding hydrogens is 1550 g/mol. The van der Waals surface area contributed by atoms with Crippen LogP contribution in [0.3, 0.4) is 0 Å². The molecule has 0 spiro atoms. The zero-order valence-corrected chi connectivity index (χ0v) is 68.8. The number of rotatable bonds is 45. The monoisotopic (exact) mass is 1690 g/mol. The maximum absolute atomic E-state index is 13.9. The molecule has 0 aromatic rings. The molecule has 0 saturated carbocycles. The van der Waals surface area contributed by atoms with Gasteiger partial charge in [-0.15, -0.1) is 0 Å². The Labute approximate surface area is 691 Å². The number of carbonyl (C=O) groups is 7. The van der Waals surface area contributed by atoms with Crippen LogP contribution >= 0.6 is 0 Å². The van der Waals surface area contributed by atoms with Crippen LogP contribution in [0, 0.1) is 17.8 Å². The molecule has 3 aliphatic heterocycles. The van der Waals surface area contributed by atoms with Crippen molar-refractivity contribution in [2.45, 2.75) is 190 Å². The summed E-state index contributed by atoms with van der Waals surface area (Å²) in [4.78, 5) is 88.1. The van der Waals surface area contributed by atoms with Crippen molar-refractivity contribution in [3.8, 4) is 0 Å². The first-order valence-corrected chi connectivity index (χ1v) is 40.5. The molecule has 2 fully saturated rings. The molecule has 0 aromatic heterocycles. The van der Waals surface area contributed by atoms with Gasteiger partial charge in [-0.3, -0.25) is 33.6 Å². The highest BCUT2D eigenvalue weighted by Gasteiger charge is 2.51. The second kappa shape index (κ2) is 64.3. The second-order valence-corrected chi connectivity index (χ2v) is 28.5. The number of carbonyl (C=O) groups excluding carboxylic acids is 7. The average Bonchev–Trinajstić information content (AvgIpc) is 0.780. The van der Waals surface area contributed by atoms with E-state index in [0.717, 1.165) is 0 Å². The number of nitrogens with two attached hydrogens (primary N) is 1. The van der Waals surface area contributed by atoms with Crippen molar-refractivity contribution in [2.75, 3.05) is 171 Å². The maximum atomic E-state index is 13.9. The van der Waals surface area contributed by atoms with E-state index in [-0.39, 0.29) is 188 Å². The molecule has 2 bridgehead atoms. The third-order valence-corrected chi connectivity index (χ3v) is 18.4. The van der Waals surface area contributed by atoms with Gasteiger partial charge < -0.3 is 155 Å². The molecule has 0 aliphatic carbocycles. The first-order valence-electron chi connectivity index (χ1n) is 40.5. The van der Waals surface area contributed by atoms with Gasteiger partial charge in [0.2, 0.25) is 35.4 Å². The summed E-state index contributed by atoms with van der Waals surface area (Å²) in [6, 6.07) is -1.39. The lowest BCUT2D eigenvalue weighted by atomic mass is 9.82. The van der Waals surface area contributed by atoms with Gasteiger partial charge in [0.1, 0.15) is 51.3 Å². The molecule has 118 heavy (non-hydrogen) atoms. The maximum Gasteiger partial charge on any atom is 0.308 e. The second-order valence-electron chi connectivity index (χ2n) is 28.5. The number of ether oxygens (including phenoxy) is 14. The van der Waals surface area contributed by atoms with E-state index in [1.165, 1.54) is 13.0 Å². The molecule has 38 heteroatoms. The number of nitrogens with one attached hydrogen (secondary N) is 6. The standard InChI is InChI=1S/C80H135N7O31/c1-6-24-86-78(103)73-65(93)49-80(104)48-61(90)45-64(92)63(91)22-21-59(88)44-60(89)46-72(99)115-57(4)56(3)75(100)55(2)19-17-15-13-11-9-7-8-10-12-14-16-18-20-62(47-66(73)118-80)117-79-77(102)74(76(101)58(5)116-79)87-71(98)54-114-43-38-109-33-28-85-70(97)53-113-42-37-108-32-27-84-69(96)52-112-41-36-107-31-26-83-68(95)51-111-40-35-106-30-25-82-67(94)50-110-39-34-105-29-23-81/h7-20,55-66,73-77,79,88-93,100-102,104H,6,21-54,81H2,1-5H3,(H,82,94)(H,83,95)(H,84,96)(H,85,97)(H,86,103)(H,87,98)/b8-7+,11-9+,12-10+,15-13+,16-14+,19-17+,20-18+/t55-,56+,57+,58+,59+,60+,61-,62-,63+,64+,65-,66-,73+,74-,75+,76+,77-,79-,80+/m0/s1. The van der Waals surface area contributed by atoms with Crippen LogP contribution in [-0.2, 0) is 99.9 Å². The zero-order chi connectivity index (χ0) is 86.7. The van der Waals surface area contributed by atoms with Gasteiger partial charge in [-0.05, 0) is 39.5 Å². The van der Waals surface area contributed by atoms with Gasteiger partial charge in [0, 0.05) is 76.8 Å². The fraction of sp³-hybridized carbons (Fsp3) is 0.738. The van der Waals surface area contributed by atoms with Crippen LogP contribution in [0.15, 0.2) is 85.1 Å². The summed E-state index contributed by atoms with van der Waals surface area (Å²) >= 11 is 0. The van der Waals surface area contributed by atoms with Crippen molar-refractivity contribution in [1.82, 2.24) is 31.9 Å². The predicted molar refractivity (Wildman–Crippen MR) is 426 cm³/mol. The molecule has 18 N–H and O–H groups in total. The Morgan fingerprint density at radius 2 is 0.898 bits per heavy atom. The fourth-order valence-corrected chi connectivity index (χ4v) is 12.0. The third-order valence-electron chi connectivity index (χ3n) is 18.4. The lowest BCUT2D eigenvalue weighted by Gasteiger charge is -2.46. The summed E-state index contributed by atoms with van der Waals surface area (Å²) in [6.45, 7) is 11.5. The van der Waals surface area contributed by atoms with Gasteiger partial charge in [-0.1, -0.05) is 106 Å². The normalized spacial score (nSPS) is 30.1. The highest BCUT2D eigenvalue weighted by atomic mass is 16.7. The minimum absolute atomic E-state index is 0.0206. The van der Waals surface area contributed by atoms with Gasteiger partial charge >= 0.3 is 5.97 Å². The molecule has 0 unspecified atom stereocenters. The van der Waals surface area contributed by atoms with Gasteiger partial charge in [-0.2, -0.15) is 0 Å². The number of aliphatic hydroxyl groups excluding tert-OH is 9. The molecule has 3 heterocycles. The van der Waals surface area contributed by atoms with E-state index in [0.29, 0.717) is 32.7 Å². The molecule has 6 amide bonds. The van der Waals surface area contributed by atoms with Crippen molar-refractivity contribution in [3.63, 3.8) is 0 Å². The van der Waals surface area contributed by atoms with Gasteiger partial charge in [0.15, 0.2) is 12.1 Å². The summed E-state index contributed by atoms with van der Waals surface area (Å²) in [5.41, 5.74) is 5.33. The van der Waals surface area contributed by atoms with Gasteiger partial charge in [0.05, 0.1) is 179 Å². The lowest BCUT2D eigenvalue weighted by Crippen LogP contribution is -2.64. The van der Waals surface area contributed by atoms with Crippen molar-refractivity contribution >= 4 is 41.4 Å². The molecule has 3 aliphatic rings. The minimum Gasteiger partial charge on any atom is -0.462 e. The highest BCUT2D eigenvalue weighted by molar-refractivity contribution is 5.80.